The molecule has 2 nitrogen and oxygen atoms in total. The van der Waals surface area contributed by atoms with Gasteiger partial charge in [0.1, 0.15) is 0 Å². The van der Waals surface area contributed by atoms with Crippen molar-refractivity contribution in [2.24, 2.45) is 5.73 Å². The molecule has 0 unspecified atom stereocenters. The van der Waals surface area contributed by atoms with Crippen molar-refractivity contribution in [1.82, 2.24) is 4.98 Å². The molecule has 120 valence electrons. The molecule has 0 spiro atoms. The fourth-order valence-corrected chi connectivity index (χ4v) is 3.24. The molecule has 0 aliphatic rings. The van der Waals surface area contributed by atoms with Crippen LogP contribution in [0, 0.1) is 20.8 Å². The zero-order chi connectivity index (χ0) is 16.4. The number of hydrogen-bond acceptors (Lipinski definition) is 1. The highest BCUT2D eigenvalue weighted by molar-refractivity contribution is 5.93. The van der Waals surface area contributed by atoms with Gasteiger partial charge in [0.25, 0.3) is 0 Å². The number of aromatic nitrogens is 1. The number of nitrogens with one attached hydrogen (secondary N) is 1. The second-order valence-electron chi connectivity index (χ2n) is 6.52. The third kappa shape index (κ3) is 3.04. The number of hydrogen-bond donors (Lipinski definition) is 2. The van der Waals surface area contributed by atoms with Crippen molar-refractivity contribution in [2.75, 3.05) is 6.54 Å². The first-order chi connectivity index (χ1) is 11.1. The highest BCUT2D eigenvalue weighted by atomic mass is 14.7. The van der Waals surface area contributed by atoms with E-state index < -0.39 is 0 Å². The number of nitrogens with two attached hydrogens (primary N) is 1. The van der Waals surface area contributed by atoms with Crippen molar-refractivity contribution >= 4 is 10.9 Å². The molecule has 0 atom stereocenters. The van der Waals surface area contributed by atoms with Crippen molar-refractivity contribution in [2.45, 2.75) is 40.0 Å². The van der Waals surface area contributed by atoms with Gasteiger partial charge in [-0.3, -0.25) is 0 Å². The number of benzene rings is 2. The predicted octanol–water partition coefficient (Wildman–Crippen LogP) is 5.04. The van der Waals surface area contributed by atoms with Crippen LogP contribution in [0.4, 0.5) is 0 Å². The van der Waals surface area contributed by atoms with Gasteiger partial charge in [-0.1, -0.05) is 42.0 Å². The quantitative estimate of drug-likeness (QED) is 0.637. The molecule has 3 N–H and O–H groups in total. The van der Waals surface area contributed by atoms with E-state index in [1.165, 1.54) is 44.4 Å². The summed E-state index contributed by atoms with van der Waals surface area (Å²) in [7, 11) is 0. The standard InChI is InChI=1S/C21H26N2/c1-14-7-10-17(11-8-14)21-18(6-4-5-13-22)19-12-9-15(2)16(3)20(19)23-21/h7-12,23H,4-6,13,22H2,1-3H3. The van der Waals surface area contributed by atoms with Gasteiger partial charge in [0.2, 0.25) is 0 Å². The molecular weight excluding hydrogens is 280 g/mol. The number of H-pyrrole nitrogens is 1. The Kier molecular flexibility index (Phi) is 4.53. The Morgan fingerprint density at radius 3 is 2.35 bits per heavy atom. The van der Waals surface area contributed by atoms with E-state index in [1.807, 2.05) is 0 Å². The lowest BCUT2D eigenvalue weighted by atomic mass is 9.98. The average Bonchev–Trinajstić information content (AvgIpc) is 2.91. The molecule has 0 aliphatic heterocycles. The van der Waals surface area contributed by atoms with Gasteiger partial charge in [-0.15, -0.1) is 0 Å². The van der Waals surface area contributed by atoms with Gasteiger partial charge < -0.3 is 10.7 Å². The zero-order valence-corrected chi connectivity index (χ0v) is 14.4. The number of aromatic amines is 1. The first-order valence-corrected chi connectivity index (χ1v) is 8.49. The van der Waals surface area contributed by atoms with Crippen LogP contribution in [0.2, 0.25) is 0 Å². The van der Waals surface area contributed by atoms with Gasteiger partial charge in [0.05, 0.1) is 0 Å². The van der Waals surface area contributed by atoms with E-state index in [0.717, 1.165) is 25.8 Å². The summed E-state index contributed by atoms with van der Waals surface area (Å²) in [6.07, 6.45) is 3.28. The Balaban J connectivity index is 2.16. The minimum Gasteiger partial charge on any atom is -0.354 e. The first-order valence-electron chi connectivity index (χ1n) is 8.49. The second kappa shape index (κ2) is 6.59. The van der Waals surface area contributed by atoms with E-state index >= 15 is 0 Å². The van der Waals surface area contributed by atoms with Crippen LogP contribution in [0.25, 0.3) is 22.2 Å². The van der Waals surface area contributed by atoms with Crippen LogP contribution in [0.3, 0.4) is 0 Å². The molecule has 0 saturated heterocycles. The van der Waals surface area contributed by atoms with Crippen molar-refractivity contribution in [3.05, 3.63) is 58.7 Å². The SMILES string of the molecule is Cc1ccc(-c2[nH]c3c(C)c(C)ccc3c2CCCCN)cc1. The lowest BCUT2D eigenvalue weighted by Crippen LogP contribution is -1.99. The summed E-state index contributed by atoms with van der Waals surface area (Å²) in [5.74, 6) is 0. The molecule has 0 radical (unpaired) electrons. The normalized spacial score (nSPS) is 11.3. The molecule has 3 rings (SSSR count). The highest BCUT2D eigenvalue weighted by Crippen LogP contribution is 2.34. The molecule has 0 amide bonds. The van der Waals surface area contributed by atoms with E-state index in [4.69, 9.17) is 5.73 Å². The van der Waals surface area contributed by atoms with Gasteiger partial charge in [0, 0.05) is 16.6 Å². The largest absolute Gasteiger partial charge is 0.354 e. The first kappa shape index (κ1) is 15.8. The molecule has 2 aromatic carbocycles. The van der Waals surface area contributed by atoms with Crippen LogP contribution in [-0.4, -0.2) is 11.5 Å². The number of rotatable bonds is 5. The molecule has 0 bridgehead atoms. The maximum Gasteiger partial charge on any atom is 0.0497 e. The van der Waals surface area contributed by atoms with E-state index in [0.29, 0.717) is 0 Å². The molecule has 0 saturated carbocycles. The summed E-state index contributed by atoms with van der Waals surface area (Å²) < 4.78 is 0. The van der Waals surface area contributed by atoms with Gasteiger partial charge in [-0.25, -0.2) is 0 Å². The topological polar surface area (TPSA) is 41.8 Å². The van der Waals surface area contributed by atoms with Crippen LogP contribution in [0.15, 0.2) is 36.4 Å². The zero-order valence-electron chi connectivity index (χ0n) is 14.4. The monoisotopic (exact) mass is 306 g/mol. The smallest absolute Gasteiger partial charge is 0.0497 e. The van der Waals surface area contributed by atoms with Gasteiger partial charge in [-0.05, 0) is 68.8 Å². The number of unbranched alkanes of at least 4 members (excludes halogenated alkanes) is 1. The molecule has 2 heteroatoms. The van der Waals surface area contributed by atoms with Crippen molar-refractivity contribution in [3.63, 3.8) is 0 Å². The second-order valence-corrected chi connectivity index (χ2v) is 6.52. The Hall–Kier alpha value is -2.06. The minimum absolute atomic E-state index is 0.764. The summed E-state index contributed by atoms with van der Waals surface area (Å²) in [5, 5.41) is 1.36. The summed E-state index contributed by atoms with van der Waals surface area (Å²) in [6.45, 7) is 7.27. The van der Waals surface area contributed by atoms with Crippen LogP contribution >= 0.6 is 0 Å². The van der Waals surface area contributed by atoms with E-state index in [9.17, 15) is 0 Å². The summed E-state index contributed by atoms with van der Waals surface area (Å²) in [5.41, 5.74) is 14.9. The Morgan fingerprint density at radius 2 is 1.65 bits per heavy atom. The fourth-order valence-electron chi connectivity index (χ4n) is 3.24. The van der Waals surface area contributed by atoms with Crippen LogP contribution < -0.4 is 5.73 Å². The van der Waals surface area contributed by atoms with Gasteiger partial charge in [-0.2, -0.15) is 0 Å². The van der Waals surface area contributed by atoms with Crippen LogP contribution in [0.1, 0.15) is 35.1 Å². The lowest BCUT2D eigenvalue weighted by molar-refractivity contribution is 0.748. The maximum absolute atomic E-state index is 5.68. The Bertz CT molecular complexity index is 810. The summed E-state index contributed by atoms with van der Waals surface area (Å²) in [4.78, 5) is 3.70. The van der Waals surface area contributed by atoms with E-state index in [-0.39, 0.29) is 0 Å². The lowest BCUT2D eigenvalue weighted by Gasteiger charge is -2.06. The van der Waals surface area contributed by atoms with Crippen molar-refractivity contribution in [3.8, 4) is 11.3 Å². The van der Waals surface area contributed by atoms with E-state index in [1.54, 1.807) is 0 Å². The molecule has 23 heavy (non-hydrogen) atoms. The van der Waals surface area contributed by atoms with E-state index in [2.05, 4.69) is 62.2 Å². The van der Waals surface area contributed by atoms with Crippen LogP contribution in [0.5, 0.6) is 0 Å². The maximum atomic E-state index is 5.68. The van der Waals surface area contributed by atoms with Crippen molar-refractivity contribution < 1.29 is 0 Å². The van der Waals surface area contributed by atoms with Crippen LogP contribution in [-0.2, 0) is 6.42 Å². The van der Waals surface area contributed by atoms with Crippen molar-refractivity contribution in [1.29, 1.82) is 0 Å². The minimum atomic E-state index is 0.764. The molecule has 3 aromatic rings. The third-order valence-corrected chi connectivity index (χ3v) is 4.83. The Labute approximate surface area is 138 Å². The number of aryl methyl sites for hydroxylation is 4. The number of fused-ring (bicyclic) bond motifs is 1. The molecular formula is C21H26N2. The molecule has 1 heterocycles. The summed E-state index contributed by atoms with van der Waals surface area (Å²) in [6, 6.07) is 13.3. The molecule has 0 fully saturated rings. The third-order valence-electron chi connectivity index (χ3n) is 4.83. The van der Waals surface area contributed by atoms with Gasteiger partial charge >= 0.3 is 0 Å². The Morgan fingerprint density at radius 1 is 0.913 bits per heavy atom. The predicted molar refractivity (Wildman–Crippen MR) is 99.9 cm³/mol. The van der Waals surface area contributed by atoms with Gasteiger partial charge in [0.15, 0.2) is 0 Å². The molecule has 0 aliphatic carbocycles. The average molecular weight is 306 g/mol. The molecule has 1 aromatic heterocycles. The summed E-state index contributed by atoms with van der Waals surface area (Å²) >= 11 is 0. The fraction of sp³-hybridized carbons (Fsp3) is 0.333. The highest BCUT2D eigenvalue weighted by Gasteiger charge is 2.14.